The Labute approximate surface area is 155 Å². The summed E-state index contributed by atoms with van der Waals surface area (Å²) in [5.74, 6) is 0.300. The molecule has 0 radical (unpaired) electrons. The summed E-state index contributed by atoms with van der Waals surface area (Å²) in [5.41, 5.74) is 1.18. The first kappa shape index (κ1) is 19.3. The maximum atomic E-state index is 12.1. The molecule has 0 bridgehead atoms. The number of carbonyl (C=O) groups excluding carboxylic acids is 2. The minimum absolute atomic E-state index is 0.347. The molecule has 0 fully saturated rings. The summed E-state index contributed by atoms with van der Waals surface area (Å²) in [7, 11) is 2.84. The van der Waals surface area contributed by atoms with Gasteiger partial charge < -0.3 is 19.5 Å². The molecule has 6 nitrogen and oxygen atoms in total. The molecule has 0 saturated heterocycles. The highest BCUT2D eigenvalue weighted by molar-refractivity contribution is 7.12. The lowest BCUT2D eigenvalue weighted by Crippen LogP contribution is -2.10. The van der Waals surface area contributed by atoms with Gasteiger partial charge in [-0.15, -0.1) is 11.3 Å². The molecule has 2 rings (SSSR count). The monoisotopic (exact) mass is 373 g/mol. The first-order valence-corrected chi connectivity index (χ1v) is 8.53. The molecule has 0 spiro atoms. The van der Waals surface area contributed by atoms with Gasteiger partial charge in [-0.2, -0.15) is 0 Å². The summed E-state index contributed by atoms with van der Waals surface area (Å²) in [6, 6.07) is 6.97. The van der Waals surface area contributed by atoms with Crippen LogP contribution in [0, 0.1) is 0 Å². The van der Waals surface area contributed by atoms with Gasteiger partial charge in [0.15, 0.2) is 11.5 Å². The molecular weight excluding hydrogens is 354 g/mol. The molecule has 0 aliphatic rings. The molecule has 0 aliphatic carbocycles. The number of benzene rings is 1. The Morgan fingerprint density at radius 2 is 2.04 bits per heavy atom. The first-order chi connectivity index (χ1) is 12.6. The van der Waals surface area contributed by atoms with Gasteiger partial charge in [0.25, 0.3) is 0 Å². The Kier molecular flexibility index (Phi) is 6.99. The van der Waals surface area contributed by atoms with Crippen molar-refractivity contribution in [3.63, 3.8) is 0 Å². The summed E-state index contributed by atoms with van der Waals surface area (Å²) in [5, 5.41) is 4.37. The fourth-order valence-corrected chi connectivity index (χ4v) is 2.83. The number of thiophene rings is 1. The van der Waals surface area contributed by atoms with Crippen molar-refractivity contribution >= 4 is 35.0 Å². The van der Waals surface area contributed by atoms with Crippen molar-refractivity contribution in [2.75, 3.05) is 26.1 Å². The topological polar surface area (TPSA) is 73.9 Å². The highest BCUT2D eigenvalue weighted by Crippen LogP contribution is 2.28. The maximum Gasteiger partial charge on any atom is 0.350 e. The molecular formula is C19H19NO5S. The van der Waals surface area contributed by atoms with Crippen molar-refractivity contribution in [3.8, 4) is 11.5 Å². The maximum absolute atomic E-state index is 12.1. The van der Waals surface area contributed by atoms with Crippen molar-refractivity contribution in [1.82, 2.24) is 0 Å². The molecule has 1 heterocycles. The van der Waals surface area contributed by atoms with Crippen molar-refractivity contribution in [1.29, 1.82) is 0 Å². The Bertz CT molecular complexity index is 825. The van der Waals surface area contributed by atoms with E-state index in [1.807, 2.05) is 0 Å². The number of anilines is 1. The molecule has 0 aliphatic heterocycles. The molecule has 1 aromatic carbocycles. The first-order valence-electron chi connectivity index (χ1n) is 7.65. The third kappa shape index (κ3) is 4.97. The second-order valence-electron chi connectivity index (χ2n) is 4.99. The van der Waals surface area contributed by atoms with E-state index >= 15 is 0 Å². The van der Waals surface area contributed by atoms with Gasteiger partial charge in [0.1, 0.15) is 11.5 Å². The van der Waals surface area contributed by atoms with Gasteiger partial charge >= 0.3 is 5.97 Å². The molecule has 0 unspecified atom stereocenters. The zero-order chi connectivity index (χ0) is 18.9. The second-order valence-corrected chi connectivity index (χ2v) is 5.90. The van der Waals surface area contributed by atoms with Gasteiger partial charge in [0, 0.05) is 6.08 Å². The number of hydrogen-bond acceptors (Lipinski definition) is 6. The van der Waals surface area contributed by atoms with Gasteiger partial charge in [-0.05, 0) is 35.2 Å². The number of amides is 1. The molecule has 0 saturated carbocycles. The zero-order valence-corrected chi connectivity index (χ0v) is 15.3. The molecule has 2 aromatic rings. The fourth-order valence-electron chi connectivity index (χ4n) is 2.06. The van der Waals surface area contributed by atoms with E-state index in [1.165, 1.54) is 24.5 Å². The van der Waals surface area contributed by atoms with Crippen molar-refractivity contribution in [3.05, 3.63) is 58.8 Å². The third-order valence-electron chi connectivity index (χ3n) is 3.27. The second kappa shape index (κ2) is 9.43. The van der Waals surface area contributed by atoms with Crippen LogP contribution >= 0.6 is 11.3 Å². The van der Waals surface area contributed by atoms with Crippen LogP contribution in [0.5, 0.6) is 11.5 Å². The summed E-state index contributed by atoms with van der Waals surface area (Å²) >= 11 is 1.20. The van der Waals surface area contributed by atoms with Crippen LogP contribution in [0.25, 0.3) is 6.08 Å². The summed E-state index contributed by atoms with van der Waals surface area (Å²) in [4.78, 5) is 24.1. The van der Waals surface area contributed by atoms with Crippen LogP contribution in [0.2, 0.25) is 0 Å². The minimum atomic E-state index is -0.487. The van der Waals surface area contributed by atoms with Crippen LogP contribution in [-0.2, 0) is 9.53 Å². The Balaban J connectivity index is 2.07. The lowest BCUT2D eigenvalue weighted by molar-refractivity contribution is -0.111. The number of methoxy groups -OCH3 is 2. The van der Waals surface area contributed by atoms with Gasteiger partial charge in [-0.3, -0.25) is 4.79 Å². The van der Waals surface area contributed by atoms with E-state index in [2.05, 4.69) is 16.6 Å². The fraction of sp³-hybridized carbons (Fsp3) is 0.158. The van der Waals surface area contributed by atoms with E-state index < -0.39 is 5.97 Å². The van der Waals surface area contributed by atoms with Crippen LogP contribution in [0.1, 0.15) is 15.2 Å². The molecule has 136 valence electrons. The lowest BCUT2D eigenvalue weighted by Gasteiger charge is -2.09. The van der Waals surface area contributed by atoms with Crippen molar-refractivity contribution in [2.45, 2.75) is 0 Å². The number of ether oxygens (including phenoxy) is 3. The number of esters is 1. The number of rotatable bonds is 8. The molecule has 0 atom stereocenters. The largest absolute Gasteiger partial charge is 0.493 e. The van der Waals surface area contributed by atoms with Crippen molar-refractivity contribution < 1.29 is 23.8 Å². The molecule has 1 aromatic heterocycles. The quantitative estimate of drug-likeness (QED) is 0.433. The van der Waals surface area contributed by atoms with E-state index in [0.717, 1.165) is 5.56 Å². The average Bonchev–Trinajstić information content (AvgIpc) is 3.12. The Morgan fingerprint density at radius 1 is 1.23 bits per heavy atom. The normalized spacial score (nSPS) is 10.4. The van der Waals surface area contributed by atoms with Crippen LogP contribution in [0.4, 0.5) is 5.69 Å². The minimum Gasteiger partial charge on any atom is -0.493 e. The summed E-state index contributed by atoms with van der Waals surface area (Å²) in [6.07, 6.45) is 4.65. The van der Waals surface area contributed by atoms with Gasteiger partial charge in [-0.25, -0.2) is 4.79 Å². The Hall–Kier alpha value is -3.06. The van der Waals surface area contributed by atoms with Crippen LogP contribution in [-0.4, -0.2) is 32.7 Å². The number of hydrogen-bond donors (Lipinski definition) is 1. The molecule has 7 heteroatoms. The molecule has 1 N–H and O–H groups in total. The number of carbonyl (C=O) groups is 2. The van der Waals surface area contributed by atoms with Crippen LogP contribution in [0.15, 0.2) is 48.4 Å². The number of nitrogens with one attached hydrogen (secondary N) is 1. The van der Waals surface area contributed by atoms with Crippen LogP contribution in [0.3, 0.4) is 0 Å². The summed E-state index contributed by atoms with van der Waals surface area (Å²) in [6.45, 7) is 3.97. The van der Waals surface area contributed by atoms with Gasteiger partial charge in [-0.1, -0.05) is 18.7 Å². The molecule has 26 heavy (non-hydrogen) atoms. The predicted molar refractivity (Wildman–Crippen MR) is 102 cm³/mol. The smallest absolute Gasteiger partial charge is 0.350 e. The SMILES string of the molecule is C=CCOc1ccc(/C=C/C(=O)Nc2ccsc2C(=O)OC)cc1OC. The van der Waals surface area contributed by atoms with Crippen molar-refractivity contribution in [2.24, 2.45) is 0 Å². The standard InChI is InChI=1S/C19H19NO5S/c1-4-10-25-15-7-5-13(12-16(15)23-2)6-8-17(21)20-14-9-11-26-18(14)19(22)24-3/h4-9,11-12H,1,10H2,2-3H3,(H,20,21)/b8-6+. The highest BCUT2D eigenvalue weighted by Gasteiger charge is 2.14. The summed E-state index contributed by atoms with van der Waals surface area (Å²) < 4.78 is 15.5. The van der Waals surface area contributed by atoms with E-state index in [1.54, 1.807) is 48.9 Å². The predicted octanol–water partition coefficient (Wildman–Crippen LogP) is 3.76. The zero-order valence-electron chi connectivity index (χ0n) is 14.5. The lowest BCUT2D eigenvalue weighted by atomic mass is 10.2. The third-order valence-corrected chi connectivity index (χ3v) is 4.16. The molecule has 1 amide bonds. The van der Waals surface area contributed by atoms with Gasteiger partial charge in [0.2, 0.25) is 5.91 Å². The highest BCUT2D eigenvalue weighted by atomic mass is 32.1. The van der Waals surface area contributed by atoms with E-state index in [4.69, 9.17) is 9.47 Å². The average molecular weight is 373 g/mol. The van der Waals surface area contributed by atoms with E-state index in [9.17, 15) is 9.59 Å². The van der Waals surface area contributed by atoms with Gasteiger partial charge in [0.05, 0.1) is 19.9 Å². The van der Waals surface area contributed by atoms with E-state index in [-0.39, 0.29) is 5.91 Å². The Morgan fingerprint density at radius 3 is 2.73 bits per heavy atom. The van der Waals surface area contributed by atoms with Crippen LogP contribution < -0.4 is 14.8 Å². The van der Waals surface area contributed by atoms with E-state index in [0.29, 0.717) is 28.7 Å².